The number of fused-ring (bicyclic) bond motifs is 1. The molecule has 2 aromatic heterocycles. The van der Waals surface area contributed by atoms with Gasteiger partial charge in [0.25, 0.3) is 0 Å². The summed E-state index contributed by atoms with van der Waals surface area (Å²) in [6.45, 7) is 2.48. The SMILES string of the molecule is CCc1nnc(CNC(c2ccccc2)c2nc3ccccc3n2C)o1. The van der Waals surface area contributed by atoms with Crippen molar-refractivity contribution in [3.05, 3.63) is 77.8 Å². The number of aromatic nitrogens is 4. The van der Waals surface area contributed by atoms with Gasteiger partial charge in [0.05, 0.1) is 23.6 Å². The molecule has 2 heterocycles. The predicted molar refractivity (Wildman–Crippen MR) is 99.5 cm³/mol. The molecule has 6 nitrogen and oxygen atoms in total. The fourth-order valence-corrected chi connectivity index (χ4v) is 3.12. The van der Waals surface area contributed by atoms with E-state index in [1.165, 1.54) is 0 Å². The van der Waals surface area contributed by atoms with Gasteiger partial charge in [-0.3, -0.25) is 5.32 Å². The van der Waals surface area contributed by atoms with Crippen molar-refractivity contribution in [1.82, 2.24) is 25.1 Å². The minimum Gasteiger partial charge on any atom is -0.424 e. The van der Waals surface area contributed by atoms with Crippen LogP contribution in [-0.4, -0.2) is 19.7 Å². The number of benzene rings is 2. The Hall–Kier alpha value is -2.99. The van der Waals surface area contributed by atoms with Crippen LogP contribution < -0.4 is 5.32 Å². The lowest BCUT2D eigenvalue weighted by Gasteiger charge is -2.18. The summed E-state index contributed by atoms with van der Waals surface area (Å²) in [7, 11) is 2.05. The summed E-state index contributed by atoms with van der Waals surface area (Å²) in [4.78, 5) is 4.86. The number of aryl methyl sites for hydroxylation is 2. The zero-order valence-corrected chi connectivity index (χ0v) is 14.9. The Bertz CT molecular complexity index is 1010. The number of rotatable bonds is 6. The van der Waals surface area contributed by atoms with Gasteiger partial charge in [0, 0.05) is 13.5 Å². The van der Waals surface area contributed by atoms with Gasteiger partial charge < -0.3 is 8.98 Å². The van der Waals surface area contributed by atoms with E-state index in [4.69, 9.17) is 9.40 Å². The van der Waals surface area contributed by atoms with Crippen LogP contribution in [0.5, 0.6) is 0 Å². The Balaban J connectivity index is 1.69. The molecule has 0 saturated carbocycles. The third-order valence-corrected chi connectivity index (χ3v) is 4.48. The first-order valence-corrected chi connectivity index (χ1v) is 8.77. The molecule has 26 heavy (non-hydrogen) atoms. The second-order valence-electron chi connectivity index (χ2n) is 6.19. The molecule has 4 rings (SSSR count). The highest BCUT2D eigenvalue weighted by Gasteiger charge is 2.21. The van der Waals surface area contributed by atoms with Crippen LogP contribution in [0.25, 0.3) is 11.0 Å². The van der Waals surface area contributed by atoms with Gasteiger partial charge >= 0.3 is 0 Å². The maximum atomic E-state index is 5.63. The van der Waals surface area contributed by atoms with Crippen molar-refractivity contribution in [2.24, 2.45) is 7.05 Å². The van der Waals surface area contributed by atoms with Gasteiger partial charge in [-0.25, -0.2) is 4.98 Å². The fraction of sp³-hybridized carbons (Fsp3) is 0.250. The molecule has 0 radical (unpaired) electrons. The highest BCUT2D eigenvalue weighted by molar-refractivity contribution is 5.76. The van der Waals surface area contributed by atoms with Crippen LogP contribution >= 0.6 is 0 Å². The summed E-state index contributed by atoms with van der Waals surface area (Å²) in [6, 6.07) is 18.4. The maximum absolute atomic E-state index is 5.63. The highest BCUT2D eigenvalue weighted by Crippen LogP contribution is 2.25. The van der Waals surface area contributed by atoms with Crippen LogP contribution in [0.4, 0.5) is 0 Å². The number of hydrogen-bond donors (Lipinski definition) is 1. The van der Waals surface area contributed by atoms with E-state index in [1.54, 1.807) is 0 Å². The van der Waals surface area contributed by atoms with Gasteiger partial charge in [-0.1, -0.05) is 49.4 Å². The molecule has 0 aliphatic carbocycles. The third-order valence-electron chi connectivity index (χ3n) is 4.48. The standard InChI is InChI=1S/C20H21N5O/c1-3-17-23-24-18(26-17)13-21-19(14-9-5-4-6-10-14)20-22-15-11-7-8-12-16(15)25(20)2/h4-12,19,21H,3,13H2,1-2H3. The molecule has 1 atom stereocenters. The van der Waals surface area contributed by atoms with Crippen LogP contribution in [0.15, 0.2) is 59.0 Å². The Kier molecular flexibility index (Phi) is 4.50. The first-order valence-electron chi connectivity index (χ1n) is 8.77. The van der Waals surface area contributed by atoms with Crippen molar-refractivity contribution < 1.29 is 4.42 Å². The van der Waals surface area contributed by atoms with Gasteiger partial charge in [-0.05, 0) is 17.7 Å². The molecule has 4 aromatic rings. The summed E-state index contributed by atoms with van der Waals surface area (Å²) >= 11 is 0. The van der Waals surface area contributed by atoms with Crippen LogP contribution in [-0.2, 0) is 20.0 Å². The Morgan fingerprint density at radius 3 is 2.46 bits per heavy atom. The Morgan fingerprint density at radius 1 is 1.00 bits per heavy atom. The minimum atomic E-state index is -0.0782. The molecule has 0 amide bonds. The number of nitrogens with one attached hydrogen (secondary N) is 1. The van der Waals surface area contributed by atoms with Gasteiger partial charge in [0.15, 0.2) is 0 Å². The monoisotopic (exact) mass is 347 g/mol. The fourth-order valence-electron chi connectivity index (χ4n) is 3.12. The zero-order chi connectivity index (χ0) is 17.9. The molecule has 2 aromatic carbocycles. The Labute approximate surface area is 151 Å². The molecular formula is C20H21N5O. The Morgan fingerprint density at radius 2 is 1.73 bits per heavy atom. The van der Waals surface area contributed by atoms with E-state index >= 15 is 0 Å². The average molecular weight is 347 g/mol. The van der Waals surface area contributed by atoms with Crippen molar-refractivity contribution in [1.29, 1.82) is 0 Å². The number of nitrogens with zero attached hydrogens (tertiary/aromatic N) is 4. The average Bonchev–Trinajstić information content (AvgIpc) is 3.28. The van der Waals surface area contributed by atoms with Crippen molar-refractivity contribution in [3.63, 3.8) is 0 Å². The van der Waals surface area contributed by atoms with E-state index < -0.39 is 0 Å². The first kappa shape index (κ1) is 16.5. The summed E-state index contributed by atoms with van der Waals surface area (Å²) in [5.41, 5.74) is 3.23. The summed E-state index contributed by atoms with van der Waals surface area (Å²) in [6.07, 6.45) is 0.736. The van der Waals surface area contributed by atoms with E-state index in [-0.39, 0.29) is 6.04 Å². The first-order chi connectivity index (χ1) is 12.8. The highest BCUT2D eigenvalue weighted by atomic mass is 16.4. The van der Waals surface area contributed by atoms with E-state index in [1.807, 2.05) is 50.4 Å². The third kappa shape index (κ3) is 3.11. The lowest BCUT2D eigenvalue weighted by atomic mass is 10.1. The van der Waals surface area contributed by atoms with Crippen LogP contribution in [0.2, 0.25) is 0 Å². The molecule has 0 bridgehead atoms. The molecule has 1 unspecified atom stereocenters. The van der Waals surface area contributed by atoms with E-state index in [0.717, 1.165) is 28.8 Å². The van der Waals surface area contributed by atoms with Gasteiger partial charge in [-0.2, -0.15) is 0 Å². The molecule has 0 aliphatic rings. The largest absolute Gasteiger partial charge is 0.424 e. The summed E-state index contributed by atoms with van der Waals surface area (Å²) in [5, 5.41) is 11.7. The van der Waals surface area contributed by atoms with Crippen molar-refractivity contribution >= 4 is 11.0 Å². The van der Waals surface area contributed by atoms with Crippen LogP contribution in [0.3, 0.4) is 0 Å². The summed E-state index contributed by atoms with van der Waals surface area (Å²) in [5.74, 6) is 2.19. The number of hydrogen-bond acceptors (Lipinski definition) is 5. The molecule has 0 fully saturated rings. The lowest BCUT2D eigenvalue weighted by molar-refractivity contribution is 0.422. The lowest BCUT2D eigenvalue weighted by Crippen LogP contribution is -2.25. The van der Waals surface area contributed by atoms with Gasteiger partial charge in [0.2, 0.25) is 11.8 Å². The topological polar surface area (TPSA) is 68.8 Å². The summed E-state index contributed by atoms with van der Waals surface area (Å²) < 4.78 is 7.76. The quantitative estimate of drug-likeness (QED) is 0.579. The number of imidazole rings is 1. The van der Waals surface area contributed by atoms with Crippen LogP contribution in [0.1, 0.15) is 36.1 Å². The van der Waals surface area contributed by atoms with E-state index in [9.17, 15) is 0 Å². The molecule has 1 N–H and O–H groups in total. The van der Waals surface area contributed by atoms with Crippen molar-refractivity contribution in [2.75, 3.05) is 0 Å². The van der Waals surface area contributed by atoms with Crippen LogP contribution in [0, 0.1) is 0 Å². The molecule has 0 saturated heterocycles. The molecule has 132 valence electrons. The maximum Gasteiger partial charge on any atom is 0.230 e. The minimum absolute atomic E-state index is 0.0782. The predicted octanol–water partition coefficient (Wildman–Crippen LogP) is 3.40. The smallest absolute Gasteiger partial charge is 0.230 e. The second kappa shape index (κ2) is 7.09. The zero-order valence-electron chi connectivity index (χ0n) is 14.9. The van der Waals surface area contributed by atoms with E-state index in [0.29, 0.717) is 18.3 Å². The molecule has 6 heteroatoms. The second-order valence-corrected chi connectivity index (χ2v) is 6.19. The van der Waals surface area contributed by atoms with Gasteiger partial charge in [0.1, 0.15) is 5.82 Å². The molecule has 0 aliphatic heterocycles. The number of para-hydroxylation sites is 2. The molecular weight excluding hydrogens is 326 g/mol. The van der Waals surface area contributed by atoms with Crippen molar-refractivity contribution in [2.45, 2.75) is 25.9 Å². The molecule has 0 spiro atoms. The van der Waals surface area contributed by atoms with Crippen molar-refractivity contribution in [3.8, 4) is 0 Å². The van der Waals surface area contributed by atoms with E-state index in [2.05, 4.69) is 38.3 Å². The van der Waals surface area contributed by atoms with Gasteiger partial charge in [-0.15, -0.1) is 10.2 Å². The normalized spacial score (nSPS) is 12.5.